The summed E-state index contributed by atoms with van der Waals surface area (Å²) in [5, 5.41) is 12.1. The maximum absolute atomic E-state index is 14.9. The van der Waals surface area contributed by atoms with E-state index in [0.717, 1.165) is 12.5 Å². The van der Waals surface area contributed by atoms with Crippen molar-refractivity contribution in [3.63, 3.8) is 0 Å². The van der Waals surface area contributed by atoms with Crippen LogP contribution in [0.25, 0.3) is 0 Å². The first-order valence-electron chi connectivity index (χ1n) is 10.3. The van der Waals surface area contributed by atoms with E-state index in [1.54, 1.807) is 13.1 Å². The lowest BCUT2D eigenvalue weighted by atomic mass is 9.73. The quantitative estimate of drug-likeness (QED) is 0.483. The third kappa shape index (κ3) is 3.51. The summed E-state index contributed by atoms with van der Waals surface area (Å²) < 4.78 is 55.5. The Kier molecular flexibility index (Phi) is 5.56. The van der Waals surface area contributed by atoms with E-state index in [0.29, 0.717) is 29.8 Å². The van der Waals surface area contributed by atoms with Crippen molar-refractivity contribution in [3.8, 4) is 6.07 Å². The van der Waals surface area contributed by atoms with Gasteiger partial charge in [-0.2, -0.15) is 18.4 Å². The Morgan fingerprint density at radius 3 is 2.61 bits per heavy atom. The predicted molar refractivity (Wildman–Crippen MR) is 120 cm³/mol. The van der Waals surface area contributed by atoms with E-state index >= 15 is 0 Å². The van der Waals surface area contributed by atoms with Gasteiger partial charge in [0.15, 0.2) is 10.8 Å². The fraction of sp³-hybridized carbons (Fsp3) is 0.348. The largest absolute Gasteiger partial charge is 0.419 e. The van der Waals surface area contributed by atoms with E-state index in [2.05, 4.69) is 23.5 Å². The van der Waals surface area contributed by atoms with Crippen molar-refractivity contribution in [3.05, 3.63) is 71.6 Å². The van der Waals surface area contributed by atoms with Gasteiger partial charge in [-0.25, -0.2) is 9.37 Å². The van der Waals surface area contributed by atoms with Gasteiger partial charge in [0.1, 0.15) is 11.9 Å². The van der Waals surface area contributed by atoms with Gasteiger partial charge in [-0.3, -0.25) is 4.90 Å². The van der Waals surface area contributed by atoms with Crippen LogP contribution in [0.2, 0.25) is 0 Å². The Morgan fingerprint density at radius 2 is 2.09 bits per heavy atom. The lowest BCUT2D eigenvalue weighted by molar-refractivity contribution is -0.138. The zero-order valence-corrected chi connectivity index (χ0v) is 18.7. The number of aromatic nitrogens is 1. The summed E-state index contributed by atoms with van der Waals surface area (Å²) in [6, 6.07) is 1.92. The Bertz CT molecular complexity index is 1160. The number of rotatable bonds is 4. The highest BCUT2D eigenvalue weighted by atomic mass is 32.1. The Hall–Kier alpha value is -3.19. The van der Waals surface area contributed by atoms with Crippen LogP contribution in [0.15, 0.2) is 60.4 Å². The number of pyridine rings is 1. The van der Waals surface area contributed by atoms with Crippen molar-refractivity contribution in [1.82, 2.24) is 15.2 Å². The van der Waals surface area contributed by atoms with Gasteiger partial charge in [-0.15, -0.1) is 0 Å². The van der Waals surface area contributed by atoms with Gasteiger partial charge in [-0.05, 0) is 37.5 Å². The average Bonchev–Trinajstić information content (AvgIpc) is 2.98. The molecular weight excluding hydrogens is 454 g/mol. The Morgan fingerprint density at radius 1 is 1.39 bits per heavy atom. The SMILES string of the molecule is C=C(NC)C1=C(F)CC(N2C(=S)N(c3cnc(C#N)c(C(F)(F)F)c3)C(=C)C23CCC3)C=C1. The number of anilines is 1. The van der Waals surface area contributed by atoms with Crippen LogP contribution in [-0.4, -0.2) is 33.6 Å². The van der Waals surface area contributed by atoms with Gasteiger partial charge in [0.2, 0.25) is 0 Å². The minimum atomic E-state index is -4.75. The van der Waals surface area contributed by atoms with Crippen molar-refractivity contribution < 1.29 is 17.6 Å². The second-order valence-electron chi connectivity index (χ2n) is 8.20. The molecule has 1 atom stereocenters. The third-order valence-electron chi connectivity index (χ3n) is 6.51. The molecule has 3 aliphatic rings. The molecule has 5 nitrogen and oxygen atoms in total. The van der Waals surface area contributed by atoms with Crippen LogP contribution in [0.5, 0.6) is 0 Å². The number of allylic oxidation sites excluding steroid dienone is 1. The average molecular weight is 476 g/mol. The molecule has 0 radical (unpaired) electrons. The number of halogens is 4. The molecule has 1 saturated carbocycles. The molecule has 2 heterocycles. The first-order valence-corrected chi connectivity index (χ1v) is 10.7. The number of thiocarbonyl (C=S) groups is 1. The van der Waals surface area contributed by atoms with E-state index in [1.165, 1.54) is 17.2 Å². The zero-order chi connectivity index (χ0) is 24.1. The normalized spacial score (nSPS) is 22.0. The molecule has 1 saturated heterocycles. The fourth-order valence-electron chi connectivity index (χ4n) is 4.64. The number of hydrogen-bond donors (Lipinski definition) is 1. The second kappa shape index (κ2) is 7.99. The van der Waals surface area contributed by atoms with Gasteiger partial charge in [0, 0.05) is 30.4 Å². The van der Waals surface area contributed by atoms with Crippen molar-refractivity contribution in [1.29, 1.82) is 5.26 Å². The molecule has 2 aliphatic carbocycles. The molecule has 1 spiro atoms. The molecule has 1 aromatic rings. The smallest absolute Gasteiger partial charge is 0.388 e. The minimum Gasteiger partial charge on any atom is -0.388 e. The van der Waals surface area contributed by atoms with Crippen LogP contribution < -0.4 is 10.2 Å². The van der Waals surface area contributed by atoms with Crippen molar-refractivity contribution in [2.45, 2.75) is 43.4 Å². The third-order valence-corrected chi connectivity index (χ3v) is 6.89. The first kappa shape index (κ1) is 23.0. The molecule has 1 N–H and O–H groups in total. The van der Waals surface area contributed by atoms with Crippen LogP contribution in [0, 0.1) is 11.3 Å². The Labute approximate surface area is 194 Å². The van der Waals surface area contributed by atoms with Crippen LogP contribution in [-0.2, 0) is 6.18 Å². The van der Waals surface area contributed by atoms with Gasteiger partial charge in [0.05, 0.1) is 29.0 Å². The molecule has 4 rings (SSSR count). The van der Waals surface area contributed by atoms with Crippen molar-refractivity contribution in [2.75, 3.05) is 11.9 Å². The number of nitrogens with one attached hydrogen (secondary N) is 1. The van der Waals surface area contributed by atoms with Crippen LogP contribution >= 0.6 is 12.2 Å². The fourth-order valence-corrected chi connectivity index (χ4v) is 5.16. The van der Waals surface area contributed by atoms with E-state index < -0.39 is 29.0 Å². The lowest BCUT2D eigenvalue weighted by Gasteiger charge is -2.48. The number of hydrogen-bond acceptors (Lipinski definition) is 4. The van der Waals surface area contributed by atoms with Crippen molar-refractivity contribution in [2.24, 2.45) is 0 Å². The molecule has 2 fully saturated rings. The zero-order valence-electron chi connectivity index (χ0n) is 17.8. The topological polar surface area (TPSA) is 55.2 Å². The molecule has 0 aromatic carbocycles. The van der Waals surface area contributed by atoms with Gasteiger partial charge in [0.25, 0.3) is 0 Å². The van der Waals surface area contributed by atoms with Crippen LogP contribution in [0.1, 0.15) is 36.9 Å². The number of nitrogens with zero attached hydrogens (tertiary/aromatic N) is 4. The van der Waals surface area contributed by atoms with Crippen LogP contribution in [0.3, 0.4) is 0 Å². The molecule has 1 aliphatic heterocycles. The molecular formula is C23H21F4N5S. The standard InChI is InChI=1S/C23H21F4N5S/c1-13(29-3)17-6-5-15(10-19(17)24)32-21(33)31(14(2)22(32)7-4-8-22)16-9-18(23(25,26)27)20(11-28)30-12-16/h5-6,9,12,15,29H,1-2,4,7-8,10H2,3H3. The summed E-state index contributed by atoms with van der Waals surface area (Å²) in [5.74, 6) is -0.345. The van der Waals surface area contributed by atoms with Gasteiger partial charge >= 0.3 is 6.18 Å². The maximum Gasteiger partial charge on any atom is 0.419 e. The summed E-state index contributed by atoms with van der Waals surface area (Å²) in [6.07, 6.45) is 2.26. The number of likely N-dealkylation sites (N-methyl/N-ethyl adjacent to an activating group) is 1. The minimum absolute atomic E-state index is 0.0506. The second-order valence-corrected chi connectivity index (χ2v) is 8.56. The summed E-state index contributed by atoms with van der Waals surface area (Å²) in [5.41, 5.74) is -1.01. The molecule has 1 unspecified atom stereocenters. The van der Waals surface area contributed by atoms with E-state index in [1.807, 2.05) is 11.0 Å². The van der Waals surface area contributed by atoms with Gasteiger partial charge in [-0.1, -0.05) is 25.3 Å². The van der Waals surface area contributed by atoms with Crippen LogP contribution in [0.4, 0.5) is 23.2 Å². The number of nitriles is 1. The molecule has 0 bridgehead atoms. The highest BCUT2D eigenvalue weighted by Crippen LogP contribution is 2.52. The molecule has 10 heteroatoms. The summed E-state index contributed by atoms with van der Waals surface area (Å²) >= 11 is 5.71. The highest BCUT2D eigenvalue weighted by molar-refractivity contribution is 7.80. The Balaban J connectivity index is 1.73. The number of alkyl halides is 3. The summed E-state index contributed by atoms with van der Waals surface area (Å²) in [7, 11) is 1.66. The monoisotopic (exact) mass is 475 g/mol. The van der Waals surface area contributed by atoms with E-state index in [-0.39, 0.29) is 23.0 Å². The summed E-state index contributed by atoms with van der Waals surface area (Å²) in [4.78, 5) is 7.07. The van der Waals surface area contributed by atoms with E-state index in [4.69, 9.17) is 17.5 Å². The lowest BCUT2D eigenvalue weighted by Crippen LogP contribution is -2.55. The molecule has 172 valence electrons. The first-order chi connectivity index (χ1) is 15.5. The molecule has 33 heavy (non-hydrogen) atoms. The summed E-state index contributed by atoms with van der Waals surface area (Å²) in [6.45, 7) is 7.96. The van der Waals surface area contributed by atoms with E-state index in [9.17, 15) is 17.6 Å². The molecule has 1 aromatic heterocycles. The maximum atomic E-state index is 14.9. The highest BCUT2D eigenvalue weighted by Gasteiger charge is 2.57. The predicted octanol–water partition coefficient (Wildman–Crippen LogP) is 5.10. The van der Waals surface area contributed by atoms with Crippen molar-refractivity contribution >= 4 is 23.0 Å². The molecule has 0 amide bonds. The van der Waals surface area contributed by atoms with Gasteiger partial charge < -0.3 is 10.2 Å².